The fourth-order valence-electron chi connectivity index (χ4n) is 2.45. The van der Waals surface area contributed by atoms with Gasteiger partial charge in [-0.25, -0.2) is 4.79 Å². The Kier molecular flexibility index (Phi) is 8.68. The number of quaternary nitrogens is 1. The van der Waals surface area contributed by atoms with Crippen LogP contribution in [0.15, 0.2) is 12.2 Å². The molecule has 0 aliphatic heterocycles. The highest BCUT2D eigenvalue weighted by Crippen LogP contribution is 2.16. The summed E-state index contributed by atoms with van der Waals surface area (Å²) in [7, 11) is 3.78. The van der Waals surface area contributed by atoms with Crippen LogP contribution in [0.25, 0.3) is 0 Å². The summed E-state index contributed by atoms with van der Waals surface area (Å²) in [4.78, 5) is 11.3. The third kappa shape index (κ3) is 7.33. The topological polar surface area (TPSA) is 57.5 Å². The second-order valence-electron chi connectivity index (χ2n) is 5.76. The Morgan fingerprint density at radius 1 is 1.32 bits per heavy atom. The molecule has 4 heteroatoms. The van der Waals surface area contributed by atoms with Gasteiger partial charge < -0.3 is 14.7 Å². The van der Waals surface area contributed by atoms with Crippen LogP contribution in [-0.2, 0) is 4.79 Å². The summed E-state index contributed by atoms with van der Waals surface area (Å²) in [6, 6.07) is -0.435. The quantitative estimate of drug-likeness (QED) is 0.365. The summed E-state index contributed by atoms with van der Waals surface area (Å²) in [5.41, 5.74) is 0. The van der Waals surface area contributed by atoms with E-state index in [1.165, 1.54) is 0 Å². The molecular formula is C15H30NO3+. The van der Waals surface area contributed by atoms with E-state index in [0.29, 0.717) is 17.4 Å². The zero-order chi connectivity index (χ0) is 14.9. The summed E-state index contributed by atoms with van der Waals surface area (Å²) < 4.78 is 0.341. The molecule has 0 fully saturated rings. The Labute approximate surface area is 117 Å². The largest absolute Gasteiger partial charge is 0.477 e. The first-order valence-corrected chi connectivity index (χ1v) is 7.19. The molecule has 0 aliphatic rings. The lowest BCUT2D eigenvalue weighted by molar-refractivity contribution is -0.909. The first kappa shape index (κ1) is 18.1. The van der Waals surface area contributed by atoms with Gasteiger partial charge in [-0.1, -0.05) is 19.1 Å². The van der Waals surface area contributed by atoms with Crippen molar-refractivity contribution in [2.24, 2.45) is 0 Å². The number of carbonyl (C=O) groups is 1. The number of aliphatic hydroxyl groups excluding tert-OH is 1. The van der Waals surface area contributed by atoms with E-state index in [-0.39, 0.29) is 0 Å². The number of carboxylic acids is 1. The van der Waals surface area contributed by atoms with Crippen LogP contribution in [0, 0.1) is 0 Å². The lowest BCUT2D eigenvalue weighted by atomic mass is 10.1. The summed E-state index contributed by atoms with van der Waals surface area (Å²) in [6.07, 6.45) is 7.79. The average molecular weight is 272 g/mol. The predicted molar refractivity (Wildman–Crippen MR) is 78.0 cm³/mol. The Balaban J connectivity index is 4.34. The zero-order valence-corrected chi connectivity index (χ0v) is 12.8. The molecule has 0 radical (unpaired) electrons. The van der Waals surface area contributed by atoms with Crippen LogP contribution in [0.5, 0.6) is 0 Å². The number of rotatable bonds is 10. The average Bonchev–Trinajstić information content (AvgIpc) is 2.30. The van der Waals surface area contributed by atoms with Crippen molar-refractivity contribution in [3.8, 4) is 0 Å². The van der Waals surface area contributed by atoms with E-state index in [4.69, 9.17) is 0 Å². The maximum atomic E-state index is 11.3. The van der Waals surface area contributed by atoms with Crippen molar-refractivity contribution in [1.82, 2.24) is 0 Å². The lowest BCUT2D eigenvalue weighted by Gasteiger charge is -2.37. The molecule has 2 unspecified atom stereocenters. The van der Waals surface area contributed by atoms with Crippen molar-refractivity contribution in [2.45, 2.75) is 58.1 Å². The summed E-state index contributed by atoms with van der Waals surface area (Å²) in [5, 5.41) is 19.3. The van der Waals surface area contributed by atoms with Gasteiger partial charge in [-0.05, 0) is 32.6 Å². The van der Waals surface area contributed by atoms with Gasteiger partial charge >= 0.3 is 5.97 Å². The number of likely N-dealkylation sites (N-methyl/N-ethyl adjacent to an activating group) is 1. The molecule has 4 nitrogen and oxygen atoms in total. The molecule has 0 bridgehead atoms. The minimum atomic E-state index is -0.770. The molecule has 19 heavy (non-hydrogen) atoms. The number of hydrogen-bond donors (Lipinski definition) is 2. The standard InChI is InChI=1S/C15H29NO3/c1-5-7-8-9-11-13(17)12-16(3,4)14(10-6-2)15(18)19/h5,7,13-14,17H,6,8-12H2,1-4H3/p+1/b7-5+. The van der Waals surface area contributed by atoms with Gasteiger partial charge in [0.25, 0.3) is 0 Å². The molecule has 0 spiro atoms. The van der Waals surface area contributed by atoms with Crippen molar-refractivity contribution in [3.63, 3.8) is 0 Å². The maximum Gasteiger partial charge on any atom is 0.362 e. The fourth-order valence-corrected chi connectivity index (χ4v) is 2.45. The van der Waals surface area contributed by atoms with Gasteiger partial charge in [0.15, 0.2) is 6.04 Å². The highest BCUT2D eigenvalue weighted by Gasteiger charge is 2.35. The number of aliphatic hydroxyl groups is 1. The van der Waals surface area contributed by atoms with Crippen molar-refractivity contribution >= 4 is 5.97 Å². The second-order valence-corrected chi connectivity index (χ2v) is 5.76. The van der Waals surface area contributed by atoms with Gasteiger partial charge in [0.05, 0.1) is 14.1 Å². The highest BCUT2D eigenvalue weighted by molar-refractivity contribution is 5.72. The summed E-state index contributed by atoms with van der Waals surface area (Å²) in [6.45, 7) is 4.47. The first-order valence-electron chi connectivity index (χ1n) is 7.19. The number of nitrogens with zero attached hydrogens (tertiary/aromatic N) is 1. The predicted octanol–water partition coefficient (Wildman–Crippen LogP) is 2.42. The van der Waals surface area contributed by atoms with Gasteiger partial charge in [0, 0.05) is 6.42 Å². The number of hydrogen-bond acceptors (Lipinski definition) is 2. The Hall–Kier alpha value is -0.870. The Bertz CT molecular complexity index is 287. The molecule has 0 aromatic carbocycles. The zero-order valence-electron chi connectivity index (χ0n) is 12.8. The molecule has 0 aliphatic carbocycles. The van der Waals surface area contributed by atoms with Gasteiger partial charge in [-0.3, -0.25) is 0 Å². The Morgan fingerprint density at radius 2 is 1.95 bits per heavy atom. The van der Waals surface area contributed by atoms with Gasteiger partial charge in [-0.15, -0.1) is 0 Å². The number of carboxylic acid groups (broad SMARTS) is 1. The molecule has 0 amide bonds. The van der Waals surface area contributed by atoms with Crippen LogP contribution in [0.2, 0.25) is 0 Å². The van der Waals surface area contributed by atoms with Gasteiger partial charge in [-0.2, -0.15) is 0 Å². The molecule has 0 saturated carbocycles. The van der Waals surface area contributed by atoms with Crippen LogP contribution in [0.1, 0.15) is 46.0 Å². The minimum Gasteiger partial charge on any atom is -0.477 e. The van der Waals surface area contributed by atoms with E-state index in [1.807, 2.05) is 34.0 Å². The van der Waals surface area contributed by atoms with Crippen LogP contribution in [-0.4, -0.2) is 53.5 Å². The van der Waals surface area contributed by atoms with Crippen LogP contribution < -0.4 is 0 Å². The summed E-state index contributed by atoms with van der Waals surface area (Å²) in [5.74, 6) is -0.770. The van der Waals surface area contributed by atoms with E-state index in [9.17, 15) is 15.0 Å². The third-order valence-electron chi connectivity index (χ3n) is 3.52. The van der Waals surface area contributed by atoms with Crippen molar-refractivity contribution in [2.75, 3.05) is 20.6 Å². The van der Waals surface area contributed by atoms with E-state index in [2.05, 4.69) is 6.08 Å². The van der Waals surface area contributed by atoms with Crippen molar-refractivity contribution in [3.05, 3.63) is 12.2 Å². The van der Waals surface area contributed by atoms with E-state index >= 15 is 0 Å². The summed E-state index contributed by atoms with van der Waals surface area (Å²) >= 11 is 0. The highest BCUT2D eigenvalue weighted by atomic mass is 16.4. The number of aliphatic carboxylic acids is 1. The SMILES string of the molecule is C/C=C/CCCC(O)C[N+](C)(C)C(CCC)C(=O)O. The maximum absolute atomic E-state index is 11.3. The number of allylic oxidation sites excluding steroid dienone is 2. The fraction of sp³-hybridized carbons (Fsp3) is 0.800. The normalized spacial score (nSPS) is 15.6. The molecule has 0 aromatic heterocycles. The Morgan fingerprint density at radius 3 is 2.42 bits per heavy atom. The molecule has 0 aromatic rings. The molecule has 0 saturated heterocycles. The third-order valence-corrected chi connectivity index (χ3v) is 3.52. The second kappa shape index (κ2) is 9.10. The van der Waals surface area contributed by atoms with Crippen LogP contribution in [0.3, 0.4) is 0 Å². The lowest BCUT2D eigenvalue weighted by Crippen LogP contribution is -2.56. The minimum absolute atomic E-state index is 0.341. The number of unbranched alkanes of at least 4 members (excludes halogenated alkanes) is 1. The monoisotopic (exact) mass is 272 g/mol. The van der Waals surface area contributed by atoms with E-state index in [0.717, 1.165) is 25.7 Å². The molecule has 2 atom stereocenters. The van der Waals surface area contributed by atoms with Crippen LogP contribution in [0.4, 0.5) is 0 Å². The first-order chi connectivity index (χ1) is 8.85. The van der Waals surface area contributed by atoms with Gasteiger partial charge in [0.2, 0.25) is 0 Å². The van der Waals surface area contributed by atoms with E-state index in [1.54, 1.807) is 0 Å². The molecule has 0 heterocycles. The molecule has 0 rings (SSSR count). The van der Waals surface area contributed by atoms with Crippen LogP contribution >= 0.6 is 0 Å². The van der Waals surface area contributed by atoms with Crippen molar-refractivity contribution in [1.29, 1.82) is 0 Å². The smallest absolute Gasteiger partial charge is 0.362 e. The van der Waals surface area contributed by atoms with Crippen molar-refractivity contribution < 1.29 is 19.5 Å². The van der Waals surface area contributed by atoms with Gasteiger partial charge in [0.1, 0.15) is 12.6 Å². The molecule has 112 valence electrons. The molecular weight excluding hydrogens is 242 g/mol. The van der Waals surface area contributed by atoms with E-state index < -0.39 is 18.1 Å². The molecule has 2 N–H and O–H groups in total.